The van der Waals surface area contributed by atoms with E-state index in [9.17, 15) is 5.11 Å². The van der Waals surface area contributed by atoms with Gasteiger partial charge in [-0.25, -0.2) is 4.39 Å². The summed E-state index contributed by atoms with van der Waals surface area (Å²) in [6.45, 7) is 4.30. The highest BCUT2D eigenvalue weighted by Crippen LogP contribution is 2.40. The van der Waals surface area contributed by atoms with Crippen molar-refractivity contribution in [2.75, 3.05) is 44.7 Å². The van der Waals surface area contributed by atoms with Crippen LogP contribution in [0.25, 0.3) is 22.2 Å². The maximum atomic E-state index is 16.4. The second kappa shape index (κ2) is 9.70. The number of fused-ring (bicyclic) bond motifs is 4. The number of likely N-dealkylation sites (N-methyl/N-ethyl adjacent to an activating group) is 1. The molecule has 2 N–H and O–H groups in total. The molecule has 1 aliphatic carbocycles. The van der Waals surface area contributed by atoms with Crippen molar-refractivity contribution in [1.82, 2.24) is 25.2 Å². The van der Waals surface area contributed by atoms with Gasteiger partial charge in [0.25, 0.3) is 0 Å². The van der Waals surface area contributed by atoms with Crippen molar-refractivity contribution >= 4 is 16.7 Å². The zero-order valence-electron chi connectivity index (χ0n) is 21.9. The summed E-state index contributed by atoms with van der Waals surface area (Å²) >= 11 is 0. The maximum Gasteiger partial charge on any atom is 0.319 e. The first-order valence-electron chi connectivity index (χ1n) is 14.0. The highest BCUT2D eigenvalue weighted by atomic mass is 19.1. The van der Waals surface area contributed by atoms with Crippen LogP contribution in [0.15, 0.2) is 24.4 Å². The molecular formula is C29H35FN6O2. The molecule has 9 heteroatoms. The highest BCUT2D eigenvalue weighted by molar-refractivity contribution is 5.92. The summed E-state index contributed by atoms with van der Waals surface area (Å²) in [6, 6.07) is 6.61. The van der Waals surface area contributed by atoms with Gasteiger partial charge in [0.05, 0.1) is 11.5 Å². The monoisotopic (exact) mass is 518 g/mol. The van der Waals surface area contributed by atoms with Crippen LogP contribution in [0.1, 0.15) is 49.3 Å². The smallest absolute Gasteiger partial charge is 0.319 e. The summed E-state index contributed by atoms with van der Waals surface area (Å²) in [5, 5.41) is 14.6. The molecule has 200 valence electrons. The predicted molar refractivity (Wildman–Crippen MR) is 144 cm³/mol. The maximum absolute atomic E-state index is 16.4. The number of hydrogen-bond acceptors (Lipinski definition) is 8. The number of nitrogens with one attached hydrogen (secondary N) is 1. The summed E-state index contributed by atoms with van der Waals surface area (Å²) < 4.78 is 22.5. The average Bonchev–Trinajstić information content (AvgIpc) is 3.61. The molecule has 3 fully saturated rings. The number of aromatic nitrogens is 3. The van der Waals surface area contributed by atoms with Gasteiger partial charge in [0.2, 0.25) is 0 Å². The fraction of sp³-hybridized carbons (Fsp3) is 0.552. The lowest BCUT2D eigenvalue weighted by Gasteiger charge is -2.28. The lowest BCUT2D eigenvalue weighted by molar-refractivity contribution is 0.180. The summed E-state index contributed by atoms with van der Waals surface area (Å²) in [6.07, 6.45) is 7.02. The molecule has 2 aromatic heterocycles. The van der Waals surface area contributed by atoms with Crippen LogP contribution in [0, 0.1) is 11.7 Å². The number of benzene rings is 1. The number of likely N-dealkylation sites (tertiary alicyclic amines) is 1. The second-order valence-corrected chi connectivity index (χ2v) is 11.5. The summed E-state index contributed by atoms with van der Waals surface area (Å²) in [7, 11) is 2.11. The molecule has 4 atom stereocenters. The number of rotatable bonds is 5. The first-order chi connectivity index (χ1) is 18.5. The normalized spacial score (nSPS) is 27.2. The number of pyridine rings is 1. The number of ether oxygens (including phenoxy) is 1. The van der Waals surface area contributed by atoms with Gasteiger partial charge in [0, 0.05) is 36.9 Å². The fourth-order valence-corrected chi connectivity index (χ4v) is 6.88. The third kappa shape index (κ3) is 4.21. The Balaban J connectivity index is 1.32. The van der Waals surface area contributed by atoms with E-state index in [1.165, 1.54) is 6.42 Å². The molecule has 0 spiro atoms. The predicted octanol–water partition coefficient (Wildman–Crippen LogP) is 3.47. The van der Waals surface area contributed by atoms with Crippen LogP contribution in [-0.2, 0) is 6.42 Å². The van der Waals surface area contributed by atoms with Crippen molar-refractivity contribution in [1.29, 1.82) is 0 Å². The fourth-order valence-electron chi connectivity index (χ4n) is 6.88. The van der Waals surface area contributed by atoms with Crippen molar-refractivity contribution in [2.45, 2.75) is 56.7 Å². The van der Waals surface area contributed by atoms with E-state index in [1.807, 2.05) is 18.2 Å². The Bertz CT molecular complexity index is 1370. The van der Waals surface area contributed by atoms with Gasteiger partial charge >= 0.3 is 6.01 Å². The van der Waals surface area contributed by atoms with E-state index in [4.69, 9.17) is 9.72 Å². The molecule has 3 saturated heterocycles. The average molecular weight is 519 g/mol. The van der Waals surface area contributed by atoms with Crippen LogP contribution in [-0.4, -0.2) is 76.9 Å². The quantitative estimate of drug-likeness (QED) is 0.531. The Hall–Kier alpha value is -2.88. The molecule has 8 nitrogen and oxygen atoms in total. The number of hydrogen-bond donors (Lipinski definition) is 2. The third-order valence-corrected chi connectivity index (χ3v) is 9.07. The Morgan fingerprint density at radius 2 is 2.11 bits per heavy atom. The van der Waals surface area contributed by atoms with Crippen LogP contribution in [0.3, 0.4) is 0 Å². The minimum Gasteiger partial charge on any atom is -0.462 e. The largest absolute Gasteiger partial charge is 0.462 e. The van der Waals surface area contributed by atoms with E-state index in [0.717, 1.165) is 62.1 Å². The lowest BCUT2D eigenvalue weighted by atomic mass is 9.99. The van der Waals surface area contributed by atoms with Crippen LogP contribution < -0.4 is 15.0 Å². The van der Waals surface area contributed by atoms with Crippen LogP contribution in [0.4, 0.5) is 10.2 Å². The second-order valence-electron chi connectivity index (χ2n) is 11.5. The van der Waals surface area contributed by atoms with E-state index in [2.05, 4.69) is 32.1 Å². The molecule has 4 aliphatic rings. The standard InChI is InChI=1S/C29H35FN6O2/c1-35-10-3-4-19(35)16-38-29-33-27-23(28(34-29)36-11-9-17-12-18(15-36)31-13-17)14-32-26(25(27)30)22-6-2-5-21-20(22)7-8-24(21)37/h2,5-6,14,17-19,24,31,37H,3-4,7-13,15-16H2,1H3/t17?,18?,19-,24?/m0/s1. The topological polar surface area (TPSA) is 86.6 Å². The molecular weight excluding hydrogens is 483 g/mol. The van der Waals surface area contributed by atoms with Crippen molar-refractivity contribution < 1.29 is 14.2 Å². The van der Waals surface area contributed by atoms with Crippen LogP contribution >= 0.6 is 0 Å². The van der Waals surface area contributed by atoms with Gasteiger partial charge in [-0.2, -0.15) is 9.97 Å². The van der Waals surface area contributed by atoms with Crippen molar-refractivity contribution in [3.63, 3.8) is 0 Å². The Morgan fingerprint density at radius 1 is 1.18 bits per heavy atom. The molecule has 2 bridgehead atoms. The van der Waals surface area contributed by atoms with Crippen LogP contribution in [0.2, 0.25) is 0 Å². The zero-order valence-corrected chi connectivity index (χ0v) is 21.9. The van der Waals surface area contributed by atoms with E-state index in [1.54, 1.807) is 6.20 Å². The number of aliphatic hydroxyl groups is 1. The van der Waals surface area contributed by atoms with Gasteiger partial charge < -0.3 is 25.0 Å². The zero-order chi connectivity index (χ0) is 25.8. The number of anilines is 1. The molecule has 7 rings (SSSR count). The Morgan fingerprint density at radius 3 is 2.97 bits per heavy atom. The summed E-state index contributed by atoms with van der Waals surface area (Å²) in [5.41, 5.74) is 3.07. The van der Waals surface area contributed by atoms with Crippen molar-refractivity contribution in [3.05, 3.63) is 41.3 Å². The van der Waals surface area contributed by atoms with Gasteiger partial charge in [-0.05, 0) is 75.7 Å². The molecule has 38 heavy (non-hydrogen) atoms. The van der Waals surface area contributed by atoms with Gasteiger partial charge in [-0.1, -0.05) is 18.2 Å². The first kappa shape index (κ1) is 24.2. The summed E-state index contributed by atoms with van der Waals surface area (Å²) in [5.74, 6) is 0.910. The molecule has 3 aliphatic heterocycles. The molecule has 0 amide bonds. The molecule has 0 saturated carbocycles. The van der Waals surface area contributed by atoms with Gasteiger partial charge in [-0.3, -0.25) is 4.98 Å². The molecule has 3 aromatic rings. The van der Waals surface area contributed by atoms with Gasteiger partial charge in [0.1, 0.15) is 23.6 Å². The summed E-state index contributed by atoms with van der Waals surface area (Å²) in [4.78, 5) is 18.7. The van der Waals surface area contributed by atoms with Crippen molar-refractivity contribution in [3.8, 4) is 17.3 Å². The number of aliphatic hydroxyl groups excluding tert-OH is 1. The van der Waals surface area contributed by atoms with E-state index in [0.29, 0.717) is 48.7 Å². The third-order valence-electron chi connectivity index (χ3n) is 9.07. The van der Waals surface area contributed by atoms with Crippen molar-refractivity contribution in [2.24, 2.45) is 5.92 Å². The Kier molecular flexibility index (Phi) is 6.17. The number of nitrogens with zero attached hydrogens (tertiary/aromatic N) is 5. The first-order valence-corrected chi connectivity index (χ1v) is 14.0. The molecule has 1 aromatic carbocycles. The Labute approximate surface area is 222 Å². The SMILES string of the molecule is CN1CCC[C@H]1COc1nc(N2CCC3CNC(C3)C2)c2cnc(-c3cccc4c3CCC4O)c(F)c2n1. The molecule has 0 radical (unpaired) electrons. The lowest BCUT2D eigenvalue weighted by Crippen LogP contribution is -2.39. The molecule has 3 unspecified atom stereocenters. The van der Waals surface area contributed by atoms with Gasteiger partial charge in [-0.15, -0.1) is 0 Å². The minimum atomic E-state index is -0.511. The van der Waals surface area contributed by atoms with Gasteiger partial charge in [0.15, 0.2) is 5.82 Å². The number of halogens is 1. The van der Waals surface area contributed by atoms with E-state index < -0.39 is 11.9 Å². The highest BCUT2D eigenvalue weighted by Gasteiger charge is 2.32. The van der Waals surface area contributed by atoms with E-state index >= 15 is 4.39 Å². The minimum absolute atomic E-state index is 0.222. The van der Waals surface area contributed by atoms with E-state index in [-0.39, 0.29) is 17.2 Å². The van der Waals surface area contributed by atoms with Crippen LogP contribution in [0.5, 0.6) is 6.01 Å². The molecule has 5 heterocycles.